The summed E-state index contributed by atoms with van der Waals surface area (Å²) in [7, 11) is 0. The van der Waals surface area contributed by atoms with E-state index in [0.29, 0.717) is 41.4 Å². The fraction of sp³-hybridized carbons (Fsp3) is 0.375. The molecule has 56 heavy (non-hydrogen) atoms. The van der Waals surface area contributed by atoms with E-state index in [4.69, 9.17) is 15.6 Å². The number of halogens is 1. The highest BCUT2D eigenvalue weighted by molar-refractivity contribution is 6.05. The number of hydrogen-bond acceptors (Lipinski definition) is 11. The molecular weight excluding hydrogens is 718 g/mol. The molecule has 3 N–H and O–H groups in total. The quantitative estimate of drug-likeness (QED) is 0.198. The van der Waals surface area contributed by atoms with E-state index in [1.807, 2.05) is 42.2 Å². The Morgan fingerprint density at radius 1 is 0.964 bits per heavy atom. The highest BCUT2D eigenvalue weighted by atomic mass is 19.1. The summed E-state index contributed by atoms with van der Waals surface area (Å²) in [6, 6.07) is 11.9. The molecule has 2 atom stereocenters. The minimum absolute atomic E-state index is 0.143. The van der Waals surface area contributed by atoms with Gasteiger partial charge in [-0.25, -0.2) is 9.37 Å². The van der Waals surface area contributed by atoms with Crippen molar-refractivity contribution in [2.75, 3.05) is 43.4 Å². The molecule has 3 amide bonds. The summed E-state index contributed by atoms with van der Waals surface area (Å²) in [6.45, 7) is 7.05. The van der Waals surface area contributed by atoms with Gasteiger partial charge in [-0.15, -0.1) is 0 Å². The van der Waals surface area contributed by atoms with Gasteiger partial charge in [-0.05, 0) is 68.1 Å². The van der Waals surface area contributed by atoms with Crippen LogP contribution in [-0.4, -0.2) is 96.0 Å². The zero-order valence-electron chi connectivity index (χ0n) is 30.9. The summed E-state index contributed by atoms with van der Waals surface area (Å²) in [6.07, 6.45) is 10.7. The third-order valence-corrected chi connectivity index (χ3v) is 11.5. The number of piperidine rings is 2. The standard InChI is InChI=1S/C40H42FN11O4/c1-24(32-15-29(41)3-5-34(32)52-44-10-11-45-52)56-36-14-27(17-43-38(36)42)28-18-46-51(23-28)30-8-12-48(13-9-30)19-25-20-49(21-25)31-4-2-26-22-50(40(55)33(26)16-31)35-6-7-37(53)47-39(35)54/h2-5,10-11,14-18,23-25,30,35H,6-9,12-13,19-22H2,1H3,(H2,42,43)(H,47,53,54)/t24-,35?/m1/s1. The van der Waals surface area contributed by atoms with Gasteiger partial charge in [0, 0.05) is 91.9 Å². The Morgan fingerprint density at radius 3 is 2.55 bits per heavy atom. The third kappa shape index (κ3) is 6.84. The Morgan fingerprint density at radius 2 is 1.77 bits per heavy atom. The second kappa shape index (κ2) is 14.5. The molecule has 9 rings (SSSR count). The van der Waals surface area contributed by atoms with Crippen molar-refractivity contribution in [2.45, 2.75) is 57.3 Å². The van der Waals surface area contributed by atoms with E-state index >= 15 is 0 Å². The molecule has 0 spiro atoms. The molecule has 3 aromatic heterocycles. The first-order valence-corrected chi connectivity index (χ1v) is 19.0. The van der Waals surface area contributed by atoms with Crippen molar-refractivity contribution in [1.29, 1.82) is 0 Å². The van der Waals surface area contributed by atoms with Gasteiger partial charge < -0.3 is 25.2 Å². The summed E-state index contributed by atoms with van der Waals surface area (Å²) < 4.78 is 22.6. The zero-order valence-corrected chi connectivity index (χ0v) is 30.9. The predicted molar refractivity (Wildman–Crippen MR) is 203 cm³/mol. The van der Waals surface area contributed by atoms with Gasteiger partial charge in [0.05, 0.1) is 30.3 Å². The van der Waals surface area contributed by atoms with Gasteiger partial charge >= 0.3 is 0 Å². The number of nitrogens with one attached hydrogen (secondary N) is 1. The lowest BCUT2D eigenvalue weighted by Gasteiger charge is -2.44. The van der Waals surface area contributed by atoms with E-state index < -0.39 is 23.9 Å². The molecule has 4 aliphatic heterocycles. The van der Waals surface area contributed by atoms with E-state index in [9.17, 15) is 18.8 Å². The van der Waals surface area contributed by atoms with Crippen molar-refractivity contribution in [3.8, 4) is 22.6 Å². The van der Waals surface area contributed by atoms with Crippen molar-refractivity contribution in [1.82, 2.24) is 44.9 Å². The minimum Gasteiger partial charge on any atom is -0.482 e. The maximum atomic E-state index is 14.3. The maximum absolute atomic E-state index is 14.3. The first-order chi connectivity index (χ1) is 27.2. The molecule has 1 unspecified atom stereocenters. The number of imide groups is 1. The number of nitrogen functional groups attached to an aromatic ring is 1. The molecule has 5 aromatic rings. The molecule has 3 fully saturated rings. The van der Waals surface area contributed by atoms with E-state index in [0.717, 1.165) is 67.9 Å². The van der Waals surface area contributed by atoms with Gasteiger partial charge in [0.1, 0.15) is 18.0 Å². The van der Waals surface area contributed by atoms with Gasteiger partial charge in [-0.1, -0.05) is 6.07 Å². The molecule has 0 aliphatic carbocycles. The minimum atomic E-state index is -0.607. The number of hydrogen-bond donors (Lipinski definition) is 2. The summed E-state index contributed by atoms with van der Waals surface area (Å²) in [5.74, 6) is -0.0611. The number of carbonyl (C=O) groups excluding carboxylic acids is 3. The number of nitrogens with two attached hydrogens (primary N) is 1. The number of nitrogens with zero attached hydrogens (tertiary/aromatic N) is 9. The summed E-state index contributed by atoms with van der Waals surface area (Å²) in [5, 5.41) is 15.5. The molecule has 15 nitrogen and oxygen atoms in total. The highest BCUT2D eigenvalue weighted by Gasteiger charge is 2.40. The maximum Gasteiger partial charge on any atom is 0.255 e. The lowest BCUT2D eigenvalue weighted by Crippen LogP contribution is -2.52. The van der Waals surface area contributed by atoms with Crippen molar-refractivity contribution in [3.63, 3.8) is 0 Å². The van der Waals surface area contributed by atoms with Crippen molar-refractivity contribution >= 4 is 29.2 Å². The highest BCUT2D eigenvalue weighted by Crippen LogP contribution is 2.35. The normalized spacial score (nSPS) is 19.9. The van der Waals surface area contributed by atoms with E-state index in [1.165, 1.54) is 16.9 Å². The van der Waals surface area contributed by atoms with Crippen LogP contribution in [0.1, 0.15) is 66.2 Å². The monoisotopic (exact) mass is 759 g/mol. The van der Waals surface area contributed by atoms with Crippen molar-refractivity contribution < 1.29 is 23.5 Å². The smallest absolute Gasteiger partial charge is 0.255 e. The fourth-order valence-electron chi connectivity index (χ4n) is 8.39. The van der Waals surface area contributed by atoms with Crippen LogP contribution in [0.2, 0.25) is 0 Å². The number of aromatic nitrogens is 6. The number of pyridine rings is 1. The van der Waals surface area contributed by atoms with Crippen LogP contribution in [0.4, 0.5) is 15.9 Å². The topological polar surface area (TPSA) is 170 Å². The number of fused-ring (bicyclic) bond motifs is 1. The predicted octanol–water partition coefficient (Wildman–Crippen LogP) is 3.92. The SMILES string of the molecule is C[C@@H](Oc1cc(-c2cnn(C3CCN(CC4CN(c5ccc6c(c5)C(=O)N(C5CCC(=O)NC5=O)C6)C4)CC3)c2)cnc1N)c1cc(F)ccc1-n1nccn1. The number of amides is 3. The van der Waals surface area contributed by atoms with Crippen molar-refractivity contribution in [3.05, 3.63) is 96.0 Å². The van der Waals surface area contributed by atoms with Gasteiger partial charge in [0.15, 0.2) is 11.6 Å². The average molecular weight is 760 g/mol. The first-order valence-electron chi connectivity index (χ1n) is 19.0. The number of rotatable bonds is 10. The van der Waals surface area contributed by atoms with Crippen LogP contribution in [0, 0.1) is 11.7 Å². The van der Waals surface area contributed by atoms with Gasteiger partial charge in [-0.3, -0.25) is 24.4 Å². The second-order valence-electron chi connectivity index (χ2n) is 15.1. The second-order valence-corrected chi connectivity index (χ2v) is 15.1. The van der Waals surface area contributed by atoms with Crippen LogP contribution in [0.15, 0.2) is 73.4 Å². The molecule has 7 heterocycles. The number of benzene rings is 2. The molecule has 0 saturated carbocycles. The summed E-state index contributed by atoms with van der Waals surface area (Å²) in [4.78, 5) is 49.6. The Kier molecular flexibility index (Phi) is 9.19. The van der Waals surface area contributed by atoms with Gasteiger partial charge in [0.25, 0.3) is 5.91 Å². The van der Waals surface area contributed by atoms with E-state index in [2.05, 4.69) is 36.4 Å². The van der Waals surface area contributed by atoms with Crippen molar-refractivity contribution in [2.24, 2.45) is 5.92 Å². The Hall–Kier alpha value is -6.16. The van der Waals surface area contributed by atoms with Crippen LogP contribution in [0.25, 0.3) is 16.8 Å². The van der Waals surface area contributed by atoms with Crippen LogP contribution >= 0.6 is 0 Å². The Labute approximate surface area is 322 Å². The number of likely N-dealkylation sites (tertiary alicyclic amines) is 1. The van der Waals surface area contributed by atoms with Crippen LogP contribution < -0.4 is 20.7 Å². The Balaban J connectivity index is 0.772. The average Bonchev–Trinajstić information content (AvgIpc) is 3.96. The third-order valence-electron chi connectivity index (χ3n) is 11.5. The first kappa shape index (κ1) is 35.5. The van der Waals surface area contributed by atoms with Gasteiger partial charge in [0.2, 0.25) is 11.8 Å². The summed E-state index contributed by atoms with van der Waals surface area (Å²) in [5.41, 5.74) is 11.7. The lowest BCUT2D eigenvalue weighted by molar-refractivity contribution is -0.136. The zero-order chi connectivity index (χ0) is 38.5. The van der Waals surface area contributed by atoms with Crippen LogP contribution in [0.5, 0.6) is 5.75 Å². The Bertz CT molecular complexity index is 2300. The van der Waals surface area contributed by atoms with Crippen LogP contribution in [0.3, 0.4) is 0 Å². The summed E-state index contributed by atoms with van der Waals surface area (Å²) >= 11 is 0. The van der Waals surface area contributed by atoms with Gasteiger partial charge in [-0.2, -0.15) is 20.1 Å². The molecule has 16 heteroatoms. The molecule has 0 radical (unpaired) electrons. The van der Waals surface area contributed by atoms with E-state index in [-0.39, 0.29) is 30.1 Å². The van der Waals surface area contributed by atoms with Crippen LogP contribution in [-0.2, 0) is 16.1 Å². The largest absolute Gasteiger partial charge is 0.482 e. The molecule has 288 valence electrons. The molecule has 3 saturated heterocycles. The molecular formula is C40H42FN11O4. The number of anilines is 2. The number of ether oxygens (including phenoxy) is 1. The molecule has 0 bridgehead atoms. The molecule has 2 aromatic carbocycles. The lowest BCUT2D eigenvalue weighted by atomic mass is 9.96. The number of carbonyl (C=O) groups is 3. The fourth-order valence-corrected chi connectivity index (χ4v) is 8.39. The van der Waals surface area contributed by atoms with E-state index in [1.54, 1.807) is 29.6 Å². The molecule has 4 aliphatic rings.